The summed E-state index contributed by atoms with van der Waals surface area (Å²) in [7, 11) is 0. The first-order chi connectivity index (χ1) is 28.9. The molecule has 1 unspecified atom stereocenters. The maximum atomic E-state index is 14.1. The van der Waals surface area contributed by atoms with Crippen LogP contribution in [0, 0.1) is 11.3 Å². The van der Waals surface area contributed by atoms with Gasteiger partial charge < -0.3 is 20.1 Å². The highest BCUT2D eigenvalue weighted by atomic mass is 32.2. The average molecular weight is 827 g/mol. The van der Waals surface area contributed by atoms with Gasteiger partial charge in [0.15, 0.2) is 5.78 Å². The van der Waals surface area contributed by atoms with Gasteiger partial charge in [0.25, 0.3) is 5.91 Å². The Bertz CT molecular complexity index is 2490. The summed E-state index contributed by atoms with van der Waals surface area (Å²) < 4.78 is 0. The van der Waals surface area contributed by atoms with E-state index < -0.39 is 17.4 Å². The molecule has 1 atom stereocenters. The molecular formula is C46H50N8O5S. The highest BCUT2D eigenvalue weighted by Crippen LogP contribution is 2.46. The Morgan fingerprint density at radius 2 is 1.75 bits per heavy atom. The van der Waals surface area contributed by atoms with E-state index in [0.29, 0.717) is 42.6 Å². The maximum Gasteiger partial charge on any atom is 0.255 e. The minimum absolute atomic E-state index is 0.0337. The summed E-state index contributed by atoms with van der Waals surface area (Å²) in [5, 5.41) is 15.7. The molecule has 4 amide bonds. The first kappa shape index (κ1) is 39.9. The number of aryl methyl sites for hydroxylation is 1. The number of rotatable bonds is 9. The smallest absolute Gasteiger partial charge is 0.255 e. The van der Waals surface area contributed by atoms with Gasteiger partial charge in [0, 0.05) is 102 Å². The molecule has 310 valence electrons. The van der Waals surface area contributed by atoms with Crippen LogP contribution in [0.25, 0.3) is 10.9 Å². The number of amides is 4. The van der Waals surface area contributed by atoms with Gasteiger partial charge in [-0.15, -0.1) is 11.8 Å². The van der Waals surface area contributed by atoms with E-state index in [1.165, 1.54) is 23.0 Å². The molecule has 4 aromatic rings. The quantitative estimate of drug-likeness (QED) is 0.123. The molecule has 1 aromatic heterocycles. The van der Waals surface area contributed by atoms with Crippen LogP contribution in [0.5, 0.6) is 0 Å². The van der Waals surface area contributed by atoms with Crippen molar-refractivity contribution >= 4 is 57.8 Å². The van der Waals surface area contributed by atoms with Crippen molar-refractivity contribution in [2.45, 2.75) is 81.8 Å². The molecule has 0 radical (unpaired) electrons. The Morgan fingerprint density at radius 1 is 0.967 bits per heavy atom. The molecular weight excluding hydrogens is 777 g/mol. The molecule has 4 aliphatic heterocycles. The Kier molecular flexibility index (Phi) is 10.5. The van der Waals surface area contributed by atoms with Crippen LogP contribution in [0.15, 0.2) is 53.4 Å². The maximum absolute atomic E-state index is 14.1. The van der Waals surface area contributed by atoms with Gasteiger partial charge in [-0.25, -0.2) is 0 Å². The van der Waals surface area contributed by atoms with Crippen LogP contribution in [0.2, 0.25) is 0 Å². The minimum atomic E-state index is -0.663. The number of nitrogens with one attached hydrogen (secondary N) is 3. The van der Waals surface area contributed by atoms with Gasteiger partial charge in [-0.2, -0.15) is 5.26 Å². The van der Waals surface area contributed by atoms with Gasteiger partial charge in [-0.3, -0.25) is 39.1 Å². The van der Waals surface area contributed by atoms with Crippen LogP contribution in [0.3, 0.4) is 0 Å². The number of H-pyrrole nitrogens is 1. The molecule has 3 fully saturated rings. The highest BCUT2D eigenvalue weighted by molar-refractivity contribution is 7.99. The van der Waals surface area contributed by atoms with Crippen LogP contribution < -0.4 is 15.5 Å². The summed E-state index contributed by atoms with van der Waals surface area (Å²) in [6.07, 6.45) is 3.46. The van der Waals surface area contributed by atoms with Crippen LogP contribution in [-0.2, 0) is 32.8 Å². The topological polar surface area (TPSA) is 162 Å². The Labute approximate surface area is 353 Å². The molecule has 3 saturated heterocycles. The molecule has 0 spiro atoms. The number of aromatic amines is 1. The molecule has 14 heteroatoms. The van der Waals surface area contributed by atoms with Gasteiger partial charge >= 0.3 is 0 Å². The van der Waals surface area contributed by atoms with Gasteiger partial charge in [0.05, 0.1) is 29.6 Å². The molecule has 60 heavy (non-hydrogen) atoms. The molecule has 0 bridgehead atoms. The molecule has 13 nitrogen and oxygen atoms in total. The van der Waals surface area contributed by atoms with Crippen LogP contribution in [0.4, 0.5) is 5.69 Å². The zero-order chi connectivity index (χ0) is 41.9. The Hall–Kier alpha value is -5.49. The standard InChI is InChI=1S/C46H50N8O5S/c1-4-28-21-32-34(46(2,3)43-41(42(32)57)31-9-8-27(23-47)20-35(31)49-43)22-37(28)53-14-12-29(13-15-53)52-18-16-51(17-19-52)25-40(56)48-26-60-38-7-5-6-30-33(38)24-54(45(30)59)36-10-11-39(55)50-44(36)58/h5-9,20-22,29,36,49H,4,10-19,24-26H2,1-3H3,(H,48,56)(H,50,55,58). The lowest BCUT2D eigenvalue weighted by Crippen LogP contribution is -2.54. The molecule has 0 saturated carbocycles. The number of ketones is 1. The van der Waals surface area contributed by atoms with Crippen LogP contribution in [-0.4, -0.2) is 113 Å². The molecule has 9 rings (SSSR count). The van der Waals surface area contributed by atoms with Crippen molar-refractivity contribution in [3.63, 3.8) is 0 Å². The van der Waals surface area contributed by atoms with Crippen LogP contribution >= 0.6 is 11.8 Å². The summed E-state index contributed by atoms with van der Waals surface area (Å²) in [5.41, 5.74) is 8.22. The summed E-state index contributed by atoms with van der Waals surface area (Å²) in [6, 6.07) is 17.5. The number of benzene rings is 3. The Balaban J connectivity index is 0.765. The SMILES string of the molecule is CCc1cc2c(cc1N1CCC(N3CCN(CC(=O)NCSc4cccc5c4CN(C4CCC(=O)NC4=O)C5=O)CC3)CC1)C(C)(C)c1[nH]c3cc(C#N)ccc3c1C2=O. The number of carbonyl (C=O) groups is 5. The molecule has 5 aliphatic rings. The molecule has 1 aliphatic carbocycles. The lowest BCUT2D eigenvalue weighted by Gasteiger charge is -2.44. The predicted octanol–water partition coefficient (Wildman–Crippen LogP) is 4.69. The fourth-order valence-electron chi connectivity index (χ4n) is 10.1. The largest absolute Gasteiger partial charge is 0.371 e. The third kappa shape index (κ3) is 7.06. The van der Waals surface area contributed by atoms with Gasteiger partial charge in [-0.1, -0.05) is 32.9 Å². The molecule has 3 aromatic carbocycles. The fourth-order valence-corrected chi connectivity index (χ4v) is 11.0. The number of hydrogen-bond donors (Lipinski definition) is 3. The van der Waals surface area contributed by atoms with Crippen molar-refractivity contribution in [3.8, 4) is 6.07 Å². The number of nitrogens with zero attached hydrogens (tertiary/aromatic N) is 5. The zero-order valence-corrected chi connectivity index (χ0v) is 35.2. The van der Waals surface area contributed by atoms with E-state index in [4.69, 9.17) is 0 Å². The number of nitriles is 1. The van der Waals surface area contributed by atoms with E-state index in [-0.39, 0.29) is 29.9 Å². The first-order valence-corrected chi connectivity index (χ1v) is 22.1. The second-order valence-corrected chi connectivity index (χ2v) is 18.2. The highest BCUT2D eigenvalue weighted by Gasteiger charge is 2.42. The van der Waals surface area contributed by atoms with E-state index in [2.05, 4.69) is 69.3 Å². The number of carbonyl (C=O) groups excluding carboxylic acids is 5. The van der Waals surface area contributed by atoms with Crippen molar-refractivity contribution < 1.29 is 24.0 Å². The normalized spacial score (nSPS) is 20.8. The van der Waals surface area contributed by atoms with Gasteiger partial charge in [0.2, 0.25) is 17.7 Å². The summed E-state index contributed by atoms with van der Waals surface area (Å²) in [6.45, 7) is 12.5. The van der Waals surface area contributed by atoms with E-state index in [1.807, 2.05) is 24.3 Å². The van der Waals surface area contributed by atoms with E-state index >= 15 is 0 Å². The lowest BCUT2D eigenvalue weighted by molar-refractivity contribution is -0.137. The van der Waals surface area contributed by atoms with Crippen molar-refractivity contribution in [1.29, 1.82) is 5.26 Å². The second kappa shape index (κ2) is 15.8. The third-order valence-corrected chi connectivity index (χ3v) is 14.4. The van der Waals surface area contributed by atoms with Crippen molar-refractivity contribution in [1.82, 2.24) is 30.3 Å². The average Bonchev–Trinajstić information content (AvgIpc) is 3.81. The van der Waals surface area contributed by atoms with Gasteiger partial charge in [0.1, 0.15) is 6.04 Å². The van der Waals surface area contributed by atoms with E-state index in [0.717, 1.165) is 102 Å². The second-order valence-electron chi connectivity index (χ2n) is 17.2. The number of aromatic nitrogens is 1. The van der Waals surface area contributed by atoms with Crippen molar-refractivity contribution in [2.75, 3.05) is 56.6 Å². The van der Waals surface area contributed by atoms with Crippen LogP contribution in [0.1, 0.15) is 101 Å². The monoisotopic (exact) mass is 826 g/mol. The first-order valence-electron chi connectivity index (χ1n) is 21.1. The Morgan fingerprint density at radius 3 is 2.48 bits per heavy atom. The predicted molar refractivity (Wildman–Crippen MR) is 229 cm³/mol. The minimum Gasteiger partial charge on any atom is -0.371 e. The number of hydrogen-bond acceptors (Lipinski definition) is 10. The summed E-state index contributed by atoms with van der Waals surface area (Å²) >= 11 is 1.47. The summed E-state index contributed by atoms with van der Waals surface area (Å²) in [4.78, 5) is 77.8. The summed E-state index contributed by atoms with van der Waals surface area (Å²) in [5.74, 6) is -0.570. The number of imide groups is 1. The number of fused-ring (bicyclic) bond motifs is 5. The number of anilines is 1. The van der Waals surface area contributed by atoms with Gasteiger partial charge in [-0.05, 0) is 78.8 Å². The number of piperazine rings is 1. The van der Waals surface area contributed by atoms with Crippen molar-refractivity contribution in [3.05, 3.63) is 93.2 Å². The third-order valence-electron chi connectivity index (χ3n) is 13.4. The molecule has 3 N–H and O–H groups in total. The number of piperidine rings is 2. The molecule has 5 heterocycles. The lowest BCUT2D eigenvalue weighted by atomic mass is 9.70. The van der Waals surface area contributed by atoms with E-state index in [1.54, 1.807) is 17.0 Å². The number of thioether (sulfide) groups is 1. The fraction of sp³-hybridized carbons (Fsp3) is 0.435. The zero-order valence-electron chi connectivity index (χ0n) is 34.4. The van der Waals surface area contributed by atoms with E-state index in [9.17, 15) is 29.2 Å². The van der Waals surface area contributed by atoms with Crippen molar-refractivity contribution in [2.24, 2.45) is 0 Å².